The van der Waals surface area contributed by atoms with Crippen molar-refractivity contribution in [3.05, 3.63) is 24.3 Å². The van der Waals surface area contributed by atoms with E-state index in [2.05, 4.69) is 10.6 Å². The van der Waals surface area contributed by atoms with E-state index in [1.54, 1.807) is 0 Å². The molecule has 0 aliphatic carbocycles. The molecule has 0 bridgehead atoms. The van der Waals surface area contributed by atoms with Gasteiger partial charge in [-0.1, -0.05) is 6.07 Å². The molecule has 0 aromatic heterocycles. The number of anilines is 1. The molecule has 1 saturated heterocycles. The SMILES string of the molecule is CC(=O)Nc1cccc(OC[C@@H]2CCCNC2)c1. The maximum absolute atomic E-state index is 11.0. The summed E-state index contributed by atoms with van der Waals surface area (Å²) in [5.41, 5.74) is 0.779. The number of rotatable bonds is 4. The minimum atomic E-state index is -0.0661. The summed E-state index contributed by atoms with van der Waals surface area (Å²) in [6.45, 7) is 4.39. The van der Waals surface area contributed by atoms with Crippen LogP contribution in [-0.4, -0.2) is 25.6 Å². The Labute approximate surface area is 108 Å². The van der Waals surface area contributed by atoms with Crippen molar-refractivity contribution in [2.75, 3.05) is 25.0 Å². The molecule has 1 aromatic rings. The van der Waals surface area contributed by atoms with Crippen LogP contribution in [0.3, 0.4) is 0 Å². The molecule has 0 unspecified atom stereocenters. The molecule has 4 nitrogen and oxygen atoms in total. The quantitative estimate of drug-likeness (QED) is 0.857. The molecule has 1 aromatic carbocycles. The highest BCUT2D eigenvalue weighted by Crippen LogP contribution is 2.19. The zero-order chi connectivity index (χ0) is 12.8. The van der Waals surface area contributed by atoms with Gasteiger partial charge in [-0.2, -0.15) is 0 Å². The van der Waals surface area contributed by atoms with E-state index in [1.807, 2.05) is 24.3 Å². The molecule has 4 heteroatoms. The molecule has 18 heavy (non-hydrogen) atoms. The van der Waals surface area contributed by atoms with Crippen LogP contribution in [0.1, 0.15) is 19.8 Å². The molecule has 98 valence electrons. The number of amides is 1. The first-order valence-electron chi connectivity index (χ1n) is 6.45. The van der Waals surface area contributed by atoms with Gasteiger partial charge in [-0.05, 0) is 31.5 Å². The fourth-order valence-electron chi connectivity index (χ4n) is 2.15. The van der Waals surface area contributed by atoms with Crippen molar-refractivity contribution < 1.29 is 9.53 Å². The third kappa shape index (κ3) is 4.04. The summed E-state index contributed by atoms with van der Waals surface area (Å²) in [6.07, 6.45) is 2.44. The van der Waals surface area contributed by atoms with Crippen LogP contribution in [0.4, 0.5) is 5.69 Å². The van der Waals surface area contributed by atoms with Crippen molar-refractivity contribution in [2.24, 2.45) is 5.92 Å². The third-order valence-electron chi connectivity index (χ3n) is 3.04. The number of hydrogen-bond donors (Lipinski definition) is 2. The Kier molecular flexibility index (Phi) is 4.59. The van der Waals surface area contributed by atoms with E-state index < -0.39 is 0 Å². The monoisotopic (exact) mass is 248 g/mol. The minimum absolute atomic E-state index is 0.0661. The molecule has 1 fully saturated rings. The van der Waals surface area contributed by atoms with Gasteiger partial charge < -0.3 is 15.4 Å². The standard InChI is InChI=1S/C14H20N2O2/c1-11(17)16-13-5-2-6-14(8-13)18-10-12-4-3-7-15-9-12/h2,5-6,8,12,15H,3-4,7,9-10H2,1H3,(H,16,17)/t12-/m1/s1. The minimum Gasteiger partial charge on any atom is -0.493 e. The molecule has 0 saturated carbocycles. The van der Waals surface area contributed by atoms with Gasteiger partial charge in [0.2, 0.25) is 5.91 Å². The fourth-order valence-corrected chi connectivity index (χ4v) is 2.15. The normalized spacial score (nSPS) is 19.3. The second kappa shape index (κ2) is 6.40. The van der Waals surface area contributed by atoms with Crippen LogP contribution < -0.4 is 15.4 Å². The number of carbonyl (C=O) groups is 1. The highest BCUT2D eigenvalue weighted by molar-refractivity contribution is 5.88. The molecular formula is C14H20N2O2. The van der Waals surface area contributed by atoms with E-state index in [4.69, 9.17) is 4.74 Å². The van der Waals surface area contributed by atoms with Crippen molar-refractivity contribution >= 4 is 11.6 Å². The number of carbonyl (C=O) groups excluding carboxylic acids is 1. The Balaban J connectivity index is 1.86. The maximum atomic E-state index is 11.0. The van der Waals surface area contributed by atoms with Crippen molar-refractivity contribution in [2.45, 2.75) is 19.8 Å². The Morgan fingerprint density at radius 2 is 2.44 bits per heavy atom. The van der Waals surface area contributed by atoms with Crippen LogP contribution in [0.25, 0.3) is 0 Å². The lowest BCUT2D eigenvalue weighted by Gasteiger charge is -2.22. The number of piperidine rings is 1. The van der Waals surface area contributed by atoms with Crippen molar-refractivity contribution in [3.8, 4) is 5.75 Å². The summed E-state index contributed by atoms with van der Waals surface area (Å²) in [4.78, 5) is 11.0. The van der Waals surface area contributed by atoms with E-state index in [1.165, 1.54) is 19.8 Å². The van der Waals surface area contributed by atoms with Gasteiger partial charge in [0.25, 0.3) is 0 Å². The first kappa shape index (κ1) is 12.9. The molecular weight excluding hydrogens is 228 g/mol. The van der Waals surface area contributed by atoms with Gasteiger partial charge in [0.05, 0.1) is 6.61 Å². The summed E-state index contributed by atoms with van der Waals surface area (Å²) in [6, 6.07) is 7.52. The first-order valence-corrected chi connectivity index (χ1v) is 6.45. The van der Waals surface area contributed by atoms with Crippen molar-refractivity contribution in [1.29, 1.82) is 0 Å². The van der Waals surface area contributed by atoms with E-state index >= 15 is 0 Å². The fraction of sp³-hybridized carbons (Fsp3) is 0.500. The molecule has 1 amide bonds. The topological polar surface area (TPSA) is 50.4 Å². The lowest BCUT2D eigenvalue weighted by molar-refractivity contribution is -0.114. The lowest BCUT2D eigenvalue weighted by Crippen LogP contribution is -2.33. The molecule has 2 rings (SSSR count). The molecule has 1 heterocycles. The Morgan fingerprint density at radius 1 is 1.56 bits per heavy atom. The molecule has 1 aliphatic rings. The highest BCUT2D eigenvalue weighted by Gasteiger charge is 2.13. The van der Waals surface area contributed by atoms with Crippen LogP contribution in [-0.2, 0) is 4.79 Å². The summed E-state index contributed by atoms with van der Waals surface area (Å²) in [7, 11) is 0. The molecule has 2 N–H and O–H groups in total. The second-order valence-corrected chi connectivity index (χ2v) is 4.73. The van der Waals surface area contributed by atoms with E-state index in [9.17, 15) is 4.79 Å². The summed E-state index contributed by atoms with van der Waals surface area (Å²) >= 11 is 0. The zero-order valence-electron chi connectivity index (χ0n) is 10.7. The van der Waals surface area contributed by atoms with E-state index in [-0.39, 0.29) is 5.91 Å². The summed E-state index contributed by atoms with van der Waals surface area (Å²) < 4.78 is 5.78. The predicted octanol–water partition coefficient (Wildman–Crippen LogP) is 2.02. The van der Waals surface area contributed by atoms with Gasteiger partial charge in [-0.3, -0.25) is 4.79 Å². The average Bonchev–Trinajstić information content (AvgIpc) is 2.37. The van der Waals surface area contributed by atoms with Crippen LogP contribution in [0.15, 0.2) is 24.3 Å². The molecule has 1 aliphatic heterocycles. The van der Waals surface area contributed by atoms with Crippen LogP contribution in [0.5, 0.6) is 5.75 Å². The second-order valence-electron chi connectivity index (χ2n) is 4.73. The van der Waals surface area contributed by atoms with Crippen LogP contribution in [0, 0.1) is 5.92 Å². The van der Waals surface area contributed by atoms with Gasteiger partial charge in [0, 0.05) is 31.1 Å². The Bertz CT molecular complexity index is 401. The Morgan fingerprint density at radius 3 is 3.17 bits per heavy atom. The van der Waals surface area contributed by atoms with E-state index in [0.717, 1.165) is 31.1 Å². The van der Waals surface area contributed by atoms with E-state index in [0.29, 0.717) is 5.92 Å². The van der Waals surface area contributed by atoms with Gasteiger partial charge in [-0.15, -0.1) is 0 Å². The maximum Gasteiger partial charge on any atom is 0.221 e. The zero-order valence-corrected chi connectivity index (χ0v) is 10.7. The van der Waals surface area contributed by atoms with Crippen LogP contribution in [0.2, 0.25) is 0 Å². The number of benzene rings is 1. The van der Waals surface area contributed by atoms with Gasteiger partial charge in [0.1, 0.15) is 5.75 Å². The van der Waals surface area contributed by atoms with Gasteiger partial charge in [0.15, 0.2) is 0 Å². The number of nitrogens with one attached hydrogen (secondary N) is 2. The number of ether oxygens (including phenoxy) is 1. The molecule has 0 radical (unpaired) electrons. The smallest absolute Gasteiger partial charge is 0.221 e. The van der Waals surface area contributed by atoms with Gasteiger partial charge in [-0.25, -0.2) is 0 Å². The summed E-state index contributed by atoms with van der Waals surface area (Å²) in [5, 5.41) is 6.12. The number of hydrogen-bond acceptors (Lipinski definition) is 3. The Hall–Kier alpha value is -1.55. The summed E-state index contributed by atoms with van der Waals surface area (Å²) in [5.74, 6) is 1.33. The first-order chi connectivity index (χ1) is 8.74. The highest BCUT2D eigenvalue weighted by atomic mass is 16.5. The molecule has 1 atom stereocenters. The average molecular weight is 248 g/mol. The predicted molar refractivity (Wildman–Crippen MR) is 71.8 cm³/mol. The largest absolute Gasteiger partial charge is 0.493 e. The van der Waals surface area contributed by atoms with Crippen molar-refractivity contribution in [1.82, 2.24) is 5.32 Å². The molecule has 0 spiro atoms. The lowest BCUT2D eigenvalue weighted by atomic mass is 10.0. The van der Waals surface area contributed by atoms with Crippen molar-refractivity contribution in [3.63, 3.8) is 0 Å². The van der Waals surface area contributed by atoms with Gasteiger partial charge >= 0.3 is 0 Å². The van der Waals surface area contributed by atoms with Crippen LogP contribution >= 0.6 is 0 Å². The third-order valence-corrected chi connectivity index (χ3v) is 3.04.